The van der Waals surface area contributed by atoms with Crippen molar-refractivity contribution in [2.75, 3.05) is 26.2 Å². The van der Waals surface area contributed by atoms with Crippen LogP contribution in [0.15, 0.2) is 23.4 Å². The van der Waals surface area contributed by atoms with E-state index in [0.717, 1.165) is 31.7 Å². The van der Waals surface area contributed by atoms with Gasteiger partial charge in [0.15, 0.2) is 5.84 Å². The largest absolute Gasteiger partial charge is 0.409 e. The van der Waals surface area contributed by atoms with Crippen molar-refractivity contribution in [3.63, 3.8) is 0 Å². The van der Waals surface area contributed by atoms with Crippen LogP contribution in [0.4, 0.5) is 4.39 Å². The fourth-order valence-electron chi connectivity index (χ4n) is 2.49. The molecule has 3 N–H and O–H groups in total. The third-order valence-electron chi connectivity index (χ3n) is 3.92. The van der Waals surface area contributed by atoms with Crippen LogP contribution in [0, 0.1) is 5.82 Å². The number of piperazine rings is 1. The molecule has 21 heavy (non-hydrogen) atoms. The van der Waals surface area contributed by atoms with Gasteiger partial charge in [-0.15, -0.1) is 0 Å². The Hall–Kier alpha value is -1.37. The number of hydrogen-bond donors (Lipinski definition) is 2. The van der Waals surface area contributed by atoms with Crippen molar-refractivity contribution >= 4 is 17.4 Å². The molecule has 0 aromatic heterocycles. The molecule has 7 heteroatoms. The third kappa shape index (κ3) is 3.84. The predicted octanol–water partition coefficient (Wildman–Crippen LogP) is 1.73. The molecule has 0 bridgehead atoms. The van der Waals surface area contributed by atoms with Gasteiger partial charge in [-0.05, 0) is 18.6 Å². The molecule has 1 atom stereocenters. The number of nitrogens with zero attached hydrogens (tertiary/aromatic N) is 3. The third-order valence-corrected chi connectivity index (χ3v) is 4.35. The van der Waals surface area contributed by atoms with Crippen molar-refractivity contribution in [2.45, 2.75) is 19.5 Å². The zero-order valence-corrected chi connectivity index (χ0v) is 12.7. The van der Waals surface area contributed by atoms with Gasteiger partial charge in [0.05, 0.1) is 11.1 Å². The van der Waals surface area contributed by atoms with E-state index in [1.807, 2.05) is 13.0 Å². The minimum atomic E-state index is -0.381. The molecule has 1 aromatic rings. The fraction of sp³-hybridized carbons (Fsp3) is 0.500. The maximum Gasteiger partial charge on any atom is 0.156 e. The Morgan fingerprint density at radius 3 is 2.71 bits per heavy atom. The lowest BCUT2D eigenvalue weighted by molar-refractivity contribution is 0.116. The molecule has 0 amide bonds. The molecule has 2 rings (SSSR count). The summed E-state index contributed by atoms with van der Waals surface area (Å²) in [6, 6.07) is 4.79. The molecule has 1 heterocycles. The predicted molar refractivity (Wildman–Crippen MR) is 81.1 cm³/mol. The van der Waals surface area contributed by atoms with Crippen molar-refractivity contribution in [3.05, 3.63) is 34.6 Å². The molecule has 0 aliphatic carbocycles. The van der Waals surface area contributed by atoms with Crippen LogP contribution in [0.2, 0.25) is 5.02 Å². The van der Waals surface area contributed by atoms with Crippen LogP contribution in [0.5, 0.6) is 0 Å². The zero-order chi connectivity index (χ0) is 15.4. The fourth-order valence-corrected chi connectivity index (χ4v) is 2.68. The average molecular weight is 315 g/mol. The van der Waals surface area contributed by atoms with Gasteiger partial charge in [0, 0.05) is 32.7 Å². The highest BCUT2D eigenvalue weighted by Gasteiger charge is 2.23. The molecule has 1 fully saturated rings. The second-order valence-corrected chi connectivity index (χ2v) is 5.60. The summed E-state index contributed by atoms with van der Waals surface area (Å²) in [5.41, 5.74) is 6.43. The van der Waals surface area contributed by atoms with E-state index in [1.165, 1.54) is 6.07 Å². The van der Waals surface area contributed by atoms with Crippen LogP contribution in [-0.2, 0) is 6.54 Å². The van der Waals surface area contributed by atoms with Crippen molar-refractivity contribution < 1.29 is 9.60 Å². The summed E-state index contributed by atoms with van der Waals surface area (Å²) in [6.07, 6.45) is 0. The molecule has 1 unspecified atom stereocenters. The lowest BCUT2D eigenvalue weighted by Crippen LogP contribution is -2.52. The summed E-state index contributed by atoms with van der Waals surface area (Å²) >= 11 is 5.98. The standard InChI is InChI=1S/C14H20ClFN4O/c1-10(14(17)18-21)20-7-5-19(6-8-20)9-11-3-2-4-12(16)13(11)15/h2-4,10,21H,5-9H2,1H3,(H2,17,18). The highest BCUT2D eigenvalue weighted by molar-refractivity contribution is 6.31. The molecule has 0 saturated carbocycles. The second-order valence-electron chi connectivity index (χ2n) is 5.23. The van der Waals surface area contributed by atoms with E-state index >= 15 is 0 Å². The number of benzene rings is 1. The Labute approximate surface area is 128 Å². The Kier molecular flexibility index (Phi) is 5.39. The lowest BCUT2D eigenvalue weighted by Gasteiger charge is -2.37. The van der Waals surface area contributed by atoms with Crippen LogP contribution >= 0.6 is 11.6 Å². The van der Waals surface area contributed by atoms with Crippen LogP contribution in [0.3, 0.4) is 0 Å². The topological polar surface area (TPSA) is 65.1 Å². The summed E-state index contributed by atoms with van der Waals surface area (Å²) in [4.78, 5) is 4.37. The molecule has 1 aliphatic heterocycles. The summed E-state index contributed by atoms with van der Waals surface area (Å²) in [6.45, 7) is 5.82. The summed E-state index contributed by atoms with van der Waals surface area (Å²) in [5.74, 6) is -0.162. The number of rotatable bonds is 4. The SMILES string of the molecule is CC(/C(N)=N/O)N1CCN(Cc2cccc(F)c2Cl)CC1. The van der Waals surface area contributed by atoms with Crippen LogP contribution in [-0.4, -0.2) is 53.1 Å². The minimum absolute atomic E-state index is 0.0880. The van der Waals surface area contributed by atoms with Gasteiger partial charge in [-0.25, -0.2) is 4.39 Å². The quantitative estimate of drug-likeness (QED) is 0.384. The van der Waals surface area contributed by atoms with Crippen molar-refractivity contribution in [1.82, 2.24) is 9.80 Å². The monoisotopic (exact) mass is 314 g/mol. The number of halogens is 2. The Morgan fingerprint density at radius 1 is 1.43 bits per heavy atom. The average Bonchev–Trinajstić information content (AvgIpc) is 2.51. The van der Waals surface area contributed by atoms with Crippen LogP contribution < -0.4 is 5.73 Å². The van der Waals surface area contributed by atoms with Gasteiger partial charge >= 0.3 is 0 Å². The minimum Gasteiger partial charge on any atom is -0.409 e. The zero-order valence-electron chi connectivity index (χ0n) is 12.0. The number of nitrogens with two attached hydrogens (primary N) is 1. The van der Waals surface area contributed by atoms with Crippen LogP contribution in [0.1, 0.15) is 12.5 Å². The second kappa shape index (κ2) is 7.06. The van der Waals surface area contributed by atoms with Gasteiger partial charge < -0.3 is 10.9 Å². The highest BCUT2D eigenvalue weighted by atomic mass is 35.5. The van der Waals surface area contributed by atoms with Crippen LogP contribution in [0.25, 0.3) is 0 Å². The molecule has 1 aliphatic rings. The Bertz CT molecular complexity index is 518. The first kappa shape index (κ1) is 16.0. The Morgan fingerprint density at radius 2 is 2.10 bits per heavy atom. The number of amidine groups is 1. The normalized spacial score (nSPS) is 19.7. The van der Waals surface area contributed by atoms with E-state index in [9.17, 15) is 4.39 Å². The lowest BCUT2D eigenvalue weighted by atomic mass is 10.1. The Balaban J connectivity index is 1.91. The summed E-state index contributed by atoms with van der Waals surface area (Å²) in [7, 11) is 0. The van der Waals surface area contributed by atoms with Gasteiger partial charge in [-0.3, -0.25) is 9.80 Å². The van der Waals surface area contributed by atoms with Crippen molar-refractivity contribution in [1.29, 1.82) is 0 Å². The van der Waals surface area contributed by atoms with E-state index in [2.05, 4.69) is 15.0 Å². The molecule has 116 valence electrons. The molecule has 0 radical (unpaired) electrons. The van der Waals surface area contributed by atoms with E-state index in [0.29, 0.717) is 6.54 Å². The van der Waals surface area contributed by atoms with Gasteiger partial charge in [0.1, 0.15) is 5.82 Å². The first-order valence-corrected chi connectivity index (χ1v) is 7.27. The molecule has 1 saturated heterocycles. The van der Waals surface area contributed by atoms with Crippen molar-refractivity contribution in [3.8, 4) is 0 Å². The molecule has 0 spiro atoms. The molecular weight excluding hydrogens is 295 g/mol. The van der Waals surface area contributed by atoms with E-state index in [-0.39, 0.29) is 22.7 Å². The van der Waals surface area contributed by atoms with Gasteiger partial charge in [-0.1, -0.05) is 28.9 Å². The van der Waals surface area contributed by atoms with Gasteiger partial charge in [-0.2, -0.15) is 0 Å². The van der Waals surface area contributed by atoms with Gasteiger partial charge in [0.25, 0.3) is 0 Å². The number of oxime groups is 1. The molecular formula is C14H20ClFN4O. The van der Waals surface area contributed by atoms with E-state index < -0.39 is 0 Å². The first-order valence-electron chi connectivity index (χ1n) is 6.89. The highest BCUT2D eigenvalue weighted by Crippen LogP contribution is 2.21. The first-order chi connectivity index (χ1) is 10.0. The molecule has 1 aromatic carbocycles. The maximum absolute atomic E-state index is 13.4. The maximum atomic E-state index is 13.4. The van der Waals surface area contributed by atoms with Gasteiger partial charge in [0.2, 0.25) is 0 Å². The molecule has 5 nitrogen and oxygen atoms in total. The number of hydrogen-bond acceptors (Lipinski definition) is 4. The summed E-state index contributed by atoms with van der Waals surface area (Å²) in [5, 5.41) is 12.0. The summed E-state index contributed by atoms with van der Waals surface area (Å²) < 4.78 is 13.4. The van der Waals surface area contributed by atoms with E-state index in [4.69, 9.17) is 22.5 Å². The smallest absolute Gasteiger partial charge is 0.156 e. The van der Waals surface area contributed by atoms with Crippen molar-refractivity contribution in [2.24, 2.45) is 10.9 Å². The van der Waals surface area contributed by atoms with E-state index in [1.54, 1.807) is 6.07 Å².